The number of benzene rings is 1. The Morgan fingerprint density at radius 2 is 2.05 bits per heavy atom. The third kappa shape index (κ3) is 6.13. The Balaban J connectivity index is 2.41. The zero-order chi connectivity index (χ0) is 14.3. The predicted octanol–water partition coefficient (Wildman–Crippen LogP) is 1.37. The molecule has 0 aromatic heterocycles. The maximum Gasteiger partial charge on any atom is 0.211 e. The molecule has 0 amide bonds. The standard InChI is InChI=1S/C13H20FNO3S/c1-11-10-13(14)5-4-12(11)6-7-15-19(17,18)9-3-2-8-16/h4-5,10,15-16H,2-3,6-9H2,1H3. The molecule has 0 saturated carbocycles. The van der Waals surface area contributed by atoms with Crippen LogP contribution in [0.2, 0.25) is 0 Å². The fourth-order valence-corrected chi connectivity index (χ4v) is 2.90. The van der Waals surface area contributed by atoms with E-state index in [1.807, 2.05) is 0 Å². The van der Waals surface area contributed by atoms with Gasteiger partial charge in [0.25, 0.3) is 0 Å². The van der Waals surface area contributed by atoms with Gasteiger partial charge in [0, 0.05) is 13.2 Å². The van der Waals surface area contributed by atoms with Crippen molar-refractivity contribution in [3.8, 4) is 0 Å². The summed E-state index contributed by atoms with van der Waals surface area (Å²) in [6.45, 7) is 2.10. The van der Waals surface area contributed by atoms with Crippen LogP contribution in [0.4, 0.5) is 4.39 Å². The van der Waals surface area contributed by atoms with Crippen LogP contribution in [0.5, 0.6) is 0 Å². The SMILES string of the molecule is Cc1cc(F)ccc1CCNS(=O)(=O)CCCCO. The van der Waals surface area contributed by atoms with Crippen LogP contribution in [0.25, 0.3) is 0 Å². The molecule has 0 fully saturated rings. The van der Waals surface area contributed by atoms with E-state index in [1.54, 1.807) is 13.0 Å². The maximum atomic E-state index is 12.9. The van der Waals surface area contributed by atoms with Crippen LogP contribution < -0.4 is 4.72 Å². The van der Waals surface area contributed by atoms with Gasteiger partial charge in [0.05, 0.1) is 5.75 Å². The van der Waals surface area contributed by atoms with E-state index >= 15 is 0 Å². The van der Waals surface area contributed by atoms with E-state index in [2.05, 4.69) is 4.72 Å². The molecule has 0 unspecified atom stereocenters. The van der Waals surface area contributed by atoms with Gasteiger partial charge in [-0.1, -0.05) is 6.07 Å². The third-order valence-electron chi connectivity index (χ3n) is 2.84. The van der Waals surface area contributed by atoms with Gasteiger partial charge < -0.3 is 5.11 Å². The number of aliphatic hydroxyl groups is 1. The molecule has 19 heavy (non-hydrogen) atoms. The van der Waals surface area contributed by atoms with Crippen molar-refractivity contribution in [1.29, 1.82) is 0 Å². The quantitative estimate of drug-likeness (QED) is 0.710. The largest absolute Gasteiger partial charge is 0.396 e. The highest BCUT2D eigenvalue weighted by atomic mass is 32.2. The molecule has 0 heterocycles. The van der Waals surface area contributed by atoms with E-state index in [1.165, 1.54) is 12.1 Å². The van der Waals surface area contributed by atoms with Crippen molar-refractivity contribution in [2.75, 3.05) is 18.9 Å². The fourth-order valence-electron chi connectivity index (χ4n) is 1.76. The topological polar surface area (TPSA) is 66.4 Å². The first-order valence-electron chi connectivity index (χ1n) is 6.28. The third-order valence-corrected chi connectivity index (χ3v) is 4.31. The molecule has 6 heteroatoms. The second-order valence-electron chi connectivity index (χ2n) is 4.46. The first kappa shape index (κ1) is 16.1. The van der Waals surface area contributed by atoms with Crippen molar-refractivity contribution < 1.29 is 17.9 Å². The van der Waals surface area contributed by atoms with Crippen molar-refractivity contribution in [3.63, 3.8) is 0 Å². The number of nitrogens with one attached hydrogen (secondary N) is 1. The summed E-state index contributed by atoms with van der Waals surface area (Å²) in [6, 6.07) is 4.48. The lowest BCUT2D eigenvalue weighted by molar-refractivity contribution is 0.287. The normalized spacial score (nSPS) is 11.7. The highest BCUT2D eigenvalue weighted by Crippen LogP contribution is 2.10. The summed E-state index contributed by atoms with van der Waals surface area (Å²) in [7, 11) is -3.28. The molecule has 1 aromatic rings. The summed E-state index contributed by atoms with van der Waals surface area (Å²) in [6.07, 6.45) is 1.46. The van der Waals surface area contributed by atoms with Crippen LogP contribution in [0.15, 0.2) is 18.2 Å². The highest BCUT2D eigenvalue weighted by molar-refractivity contribution is 7.89. The van der Waals surface area contributed by atoms with E-state index in [9.17, 15) is 12.8 Å². The Hall–Kier alpha value is -0.980. The zero-order valence-corrected chi connectivity index (χ0v) is 11.8. The molecule has 0 bridgehead atoms. The van der Waals surface area contributed by atoms with E-state index in [-0.39, 0.29) is 18.2 Å². The molecule has 0 aliphatic heterocycles. The summed E-state index contributed by atoms with van der Waals surface area (Å²) in [5.74, 6) is -0.262. The Bertz CT molecular complexity index is 503. The van der Waals surface area contributed by atoms with Crippen LogP contribution in [0.1, 0.15) is 24.0 Å². The van der Waals surface area contributed by atoms with Crippen molar-refractivity contribution in [1.82, 2.24) is 4.72 Å². The lowest BCUT2D eigenvalue weighted by Gasteiger charge is -2.08. The Kier molecular flexibility index (Phi) is 6.41. The van der Waals surface area contributed by atoms with Crippen molar-refractivity contribution in [3.05, 3.63) is 35.1 Å². The summed E-state index contributed by atoms with van der Waals surface area (Å²) in [5.41, 5.74) is 1.75. The first-order chi connectivity index (χ1) is 8.94. The van der Waals surface area contributed by atoms with Crippen molar-refractivity contribution >= 4 is 10.0 Å². The van der Waals surface area contributed by atoms with E-state index in [0.717, 1.165) is 11.1 Å². The minimum absolute atomic E-state index is 0.00426. The lowest BCUT2D eigenvalue weighted by Crippen LogP contribution is -2.28. The van der Waals surface area contributed by atoms with Crippen LogP contribution in [-0.2, 0) is 16.4 Å². The predicted molar refractivity (Wildman–Crippen MR) is 73.0 cm³/mol. The molecule has 0 aliphatic rings. The van der Waals surface area contributed by atoms with Crippen molar-refractivity contribution in [2.24, 2.45) is 0 Å². The number of hydrogen-bond donors (Lipinski definition) is 2. The number of halogens is 1. The molecule has 1 rings (SSSR count). The van der Waals surface area contributed by atoms with Gasteiger partial charge in [-0.15, -0.1) is 0 Å². The van der Waals surface area contributed by atoms with Crippen LogP contribution in [-0.4, -0.2) is 32.4 Å². The molecular formula is C13H20FNO3S. The van der Waals surface area contributed by atoms with Crippen LogP contribution in [0.3, 0.4) is 0 Å². The average Bonchev–Trinajstić information content (AvgIpc) is 2.32. The van der Waals surface area contributed by atoms with E-state index in [4.69, 9.17) is 5.11 Å². The molecule has 2 N–H and O–H groups in total. The molecule has 0 atom stereocenters. The summed E-state index contributed by atoms with van der Waals surface area (Å²) in [4.78, 5) is 0. The average molecular weight is 289 g/mol. The van der Waals surface area contributed by atoms with Crippen LogP contribution in [0, 0.1) is 12.7 Å². The van der Waals surface area contributed by atoms with Gasteiger partial charge in [-0.25, -0.2) is 17.5 Å². The van der Waals surface area contributed by atoms with Gasteiger partial charge in [-0.05, 0) is 49.4 Å². The second kappa shape index (κ2) is 7.57. The number of unbranched alkanes of at least 4 members (excludes halogenated alkanes) is 1. The molecular weight excluding hydrogens is 269 g/mol. The molecule has 1 aromatic carbocycles. The highest BCUT2D eigenvalue weighted by Gasteiger charge is 2.09. The molecule has 0 spiro atoms. The summed E-state index contributed by atoms with van der Waals surface area (Å²) < 4.78 is 38.6. The number of rotatable bonds is 8. The number of aliphatic hydroxyl groups excluding tert-OH is 1. The molecule has 0 radical (unpaired) electrons. The minimum Gasteiger partial charge on any atom is -0.396 e. The maximum absolute atomic E-state index is 12.9. The first-order valence-corrected chi connectivity index (χ1v) is 7.93. The molecule has 0 aliphatic carbocycles. The minimum atomic E-state index is -3.28. The Morgan fingerprint density at radius 3 is 2.68 bits per heavy atom. The Morgan fingerprint density at radius 1 is 1.32 bits per heavy atom. The second-order valence-corrected chi connectivity index (χ2v) is 6.39. The summed E-state index contributed by atoms with van der Waals surface area (Å²) >= 11 is 0. The van der Waals surface area contributed by atoms with E-state index in [0.29, 0.717) is 25.8 Å². The van der Waals surface area contributed by atoms with Crippen LogP contribution >= 0.6 is 0 Å². The fraction of sp³-hybridized carbons (Fsp3) is 0.538. The molecule has 4 nitrogen and oxygen atoms in total. The Labute approximate surface area is 113 Å². The summed E-state index contributed by atoms with van der Waals surface area (Å²) in [5, 5.41) is 8.59. The molecule has 0 saturated heterocycles. The monoisotopic (exact) mass is 289 g/mol. The van der Waals surface area contributed by atoms with Crippen molar-refractivity contribution in [2.45, 2.75) is 26.2 Å². The smallest absolute Gasteiger partial charge is 0.211 e. The number of sulfonamides is 1. The van der Waals surface area contributed by atoms with Gasteiger partial charge in [0.2, 0.25) is 10.0 Å². The van der Waals surface area contributed by atoms with Gasteiger partial charge in [0.1, 0.15) is 5.82 Å². The van der Waals surface area contributed by atoms with Gasteiger partial charge in [-0.3, -0.25) is 0 Å². The molecule has 108 valence electrons. The lowest BCUT2D eigenvalue weighted by atomic mass is 10.1. The van der Waals surface area contributed by atoms with Gasteiger partial charge >= 0.3 is 0 Å². The van der Waals surface area contributed by atoms with Gasteiger partial charge in [0.15, 0.2) is 0 Å². The number of aryl methyl sites for hydroxylation is 1. The zero-order valence-electron chi connectivity index (χ0n) is 11.0. The van der Waals surface area contributed by atoms with E-state index < -0.39 is 10.0 Å². The number of hydrogen-bond acceptors (Lipinski definition) is 3. The van der Waals surface area contributed by atoms with Gasteiger partial charge in [-0.2, -0.15) is 0 Å².